The van der Waals surface area contributed by atoms with Crippen LogP contribution in [-0.4, -0.2) is 19.5 Å². The lowest BCUT2D eigenvalue weighted by Crippen LogP contribution is -2.06. The zero-order chi connectivity index (χ0) is 40.7. The van der Waals surface area contributed by atoms with Gasteiger partial charge in [-0.15, -0.1) is 0 Å². The number of hydrogen-bond donors (Lipinski definition) is 0. The Hall–Kier alpha value is -8.41. The van der Waals surface area contributed by atoms with Crippen molar-refractivity contribution in [1.82, 2.24) is 19.5 Å². The fourth-order valence-corrected chi connectivity index (χ4v) is 9.51. The van der Waals surface area contributed by atoms with Crippen LogP contribution in [0.5, 0.6) is 0 Å². The number of rotatable bonds is 5. The lowest BCUT2D eigenvalue weighted by atomic mass is 9.99. The molecule has 5 heteroatoms. The Kier molecular flexibility index (Phi) is 7.54. The summed E-state index contributed by atoms with van der Waals surface area (Å²) in [5.74, 6) is 1.71. The molecule has 0 radical (unpaired) electrons. The zero-order valence-corrected chi connectivity index (χ0v) is 33.3. The molecule has 62 heavy (non-hydrogen) atoms. The van der Waals surface area contributed by atoms with Gasteiger partial charge in [0, 0.05) is 43.4 Å². The first-order chi connectivity index (χ1) is 30.7. The predicted octanol–water partition coefficient (Wildman–Crippen LogP) is 15.0. The van der Waals surface area contributed by atoms with Gasteiger partial charge in [-0.3, -0.25) is 4.57 Å². The van der Waals surface area contributed by atoms with E-state index in [0.29, 0.717) is 17.6 Å². The molecule has 0 aliphatic carbocycles. The van der Waals surface area contributed by atoms with Crippen molar-refractivity contribution >= 4 is 76.1 Å². The van der Waals surface area contributed by atoms with Gasteiger partial charge in [0.15, 0.2) is 11.6 Å². The molecule has 0 fully saturated rings. The summed E-state index contributed by atoms with van der Waals surface area (Å²) >= 11 is 0. The quantitative estimate of drug-likeness (QED) is 0.174. The molecular formula is C57H34N4O. The van der Waals surface area contributed by atoms with E-state index in [1.807, 2.05) is 18.2 Å². The normalized spacial score (nSPS) is 11.9. The minimum Gasteiger partial charge on any atom is -0.455 e. The van der Waals surface area contributed by atoms with Gasteiger partial charge in [-0.05, 0) is 62.0 Å². The highest BCUT2D eigenvalue weighted by Crippen LogP contribution is 2.42. The summed E-state index contributed by atoms with van der Waals surface area (Å²) in [4.78, 5) is 16.2. The van der Waals surface area contributed by atoms with Gasteiger partial charge in [-0.25, -0.2) is 4.98 Å². The standard InChI is InChI=1S/C57H34N4O/c1-2-11-35(12-3-1)36-21-23-37(24-22-36)38-25-27-42(28-26-38)55-58-56(48-19-10-20-50-52(48)47-33-30-41-15-6-9-18-45(41)54(47)62-50)60-57(59-55)61-49-34-31-39-13-4-7-16-43(39)51(49)46-32-29-40-14-5-8-17-44(40)53(46)61/h1-34H. The van der Waals surface area contributed by atoms with Crippen molar-refractivity contribution in [2.45, 2.75) is 0 Å². The van der Waals surface area contributed by atoms with Gasteiger partial charge in [-0.2, -0.15) is 9.97 Å². The van der Waals surface area contributed by atoms with E-state index < -0.39 is 0 Å². The molecule has 0 aliphatic heterocycles. The molecule has 3 heterocycles. The van der Waals surface area contributed by atoms with Crippen molar-refractivity contribution < 1.29 is 4.42 Å². The third-order valence-corrected chi connectivity index (χ3v) is 12.5. The molecule has 5 nitrogen and oxygen atoms in total. The molecule has 288 valence electrons. The van der Waals surface area contributed by atoms with Gasteiger partial charge in [0.2, 0.25) is 5.95 Å². The van der Waals surface area contributed by atoms with Crippen LogP contribution in [0.15, 0.2) is 211 Å². The molecule has 0 N–H and O–H groups in total. The molecule has 0 saturated heterocycles. The van der Waals surface area contributed by atoms with Crippen molar-refractivity contribution in [3.63, 3.8) is 0 Å². The first-order valence-corrected chi connectivity index (χ1v) is 20.9. The zero-order valence-electron chi connectivity index (χ0n) is 33.3. The van der Waals surface area contributed by atoms with Crippen LogP contribution in [0.1, 0.15) is 0 Å². The maximum atomic E-state index is 6.66. The molecule has 0 saturated carbocycles. The second-order valence-electron chi connectivity index (χ2n) is 15.9. The van der Waals surface area contributed by atoms with Crippen molar-refractivity contribution in [2.24, 2.45) is 0 Å². The average molecular weight is 791 g/mol. The average Bonchev–Trinajstić information content (AvgIpc) is 3.91. The van der Waals surface area contributed by atoms with Crippen LogP contribution in [-0.2, 0) is 0 Å². The first-order valence-electron chi connectivity index (χ1n) is 20.9. The molecule has 13 rings (SSSR count). The topological polar surface area (TPSA) is 56.7 Å². The molecular weight excluding hydrogens is 757 g/mol. The Morgan fingerprint density at radius 2 is 0.887 bits per heavy atom. The van der Waals surface area contributed by atoms with E-state index in [1.165, 1.54) is 27.3 Å². The molecule has 0 atom stereocenters. The van der Waals surface area contributed by atoms with Gasteiger partial charge in [-0.1, -0.05) is 188 Å². The Balaban J connectivity index is 1.06. The van der Waals surface area contributed by atoms with E-state index in [9.17, 15) is 0 Å². The summed E-state index contributed by atoms with van der Waals surface area (Å²) in [6.07, 6.45) is 0. The maximum absolute atomic E-state index is 6.66. The molecule has 10 aromatic carbocycles. The first kappa shape index (κ1) is 34.5. The second kappa shape index (κ2) is 13.6. The highest BCUT2D eigenvalue weighted by Gasteiger charge is 2.23. The Labute approximate surface area is 355 Å². The summed E-state index contributed by atoms with van der Waals surface area (Å²) in [5.41, 5.74) is 10.2. The van der Waals surface area contributed by atoms with Gasteiger partial charge >= 0.3 is 0 Å². The molecule has 3 aromatic heterocycles. The number of nitrogens with zero attached hydrogens (tertiary/aromatic N) is 4. The molecule has 0 bridgehead atoms. The number of hydrogen-bond acceptors (Lipinski definition) is 4. The Bertz CT molecular complexity index is 3900. The third kappa shape index (κ3) is 5.32. The van der Waals surface area contributed by atoms with Crippen LogP contribution in [0.25, 0.3) is 127 Å². The summed E-state index contributed by atoms with van der Waals surface area (Å²) < 4.78 is 8.91. The summed E-state index contributed by atoms with van der Waals surface area (Å²) in [7, 11) is 0. The molecule has 0 amide bonds. The van der Waals surface area contributed by atoms with Crippen molar-refractivity contribution in [3.8, 4) is 51.0 Å². The predicted molar refractivity (Wildman–Crippen MR) is 256 cm³/mol. The van der Waals surface area contributed by atoms with Crippen molar-refractivity contribution in [2.75, 3.05) is 0 Å². The summed E-state index contributed by atoms with van der Waals surface area (Å²) in [5, 5.41) is 11.2. The number of aromatic nitrogens is 4. The fraction of sp³-hybridized carbons (Fsp3) is 0. The Morgan fingerprint density at radius 1 is 0.339 bits per heavy atom. The van der Waals surface area contributed by atoms with Crippen LogP contribution < -0.4 is 0 Å². The van der Waals surface area contributed by atoms with E-state index in [1.54, 1.807) is 0 Å². The third-order valence-electron chi connectivity index (χ3n) is 12.5. The Morgan fingerprint density at radius 3 is 1.61 bits per heavy atom. The molecule has 0 aliphatic rings. The highest BCUT2D eigenvalue weighted by molar-refractivity contribution is 6.26. The number of benzene rings is 10. The van der Waals surface area contributed by atoms with Gasteiger partial charge in [0.1, 0.15) is 11.2 Å². The van der Waals surface area contributed by atoms with Crippen LogP contribution in [0.3, 0.4) is 0 Å². The number of furan rings is 1. The SMILES string of the molecule is c1ccc(-c2ccc(-c3ccc(-c4nc(-c5cccc6oc7c8ccccc8ccc7c56)nc(-n5c6ccc7ccccc7c6c6ccc7ccccc7c65)n4)cc3)cc2)cc1. The lowest BCUT2D eigenvalue weighted by Gasteiger charge is -2.13. The summed E-state index contributed by atoms with van der Waals surface area (Å²) in [6.45, 7) is 0. The van der Waals surface area contributed by atoms with E-state index in [4.69, 9.17) is 19.4 Å². The second-order valence-corrected chi connectivity index (χ2v) is 15.9. The minimum absolute atomic E-state index is 0.549. The van der Waals surface area contributed by atoms with Gasteiger partial charge in [0.25, 0.3) is 0 Å². The maximum Gasteiger partial charge on any atom is 0.238 e. The van der Waals surface area contributed by atoms with Crippen LogP contribution in [0, 0.1) is 0 Å². The van der Waals surface area contributed by atoms with Crippen LogP contribution in [0.4, 0.5) is 0 Å². The monoisotopic (exact) mass is 790 g/mol. The van der Waals surface area contributed by atoms with Crippen molar-refractivity contribution in [3.05, 3.63) is 206 Å². The van der Waals surface area contributed by atoms with Crippen molar-refractivity contribution in [1.29, 1.82) is 0 Å². The number of fused-ring (bicyclic) bond motifs is 12. The highest BCUT2D eigenvalue weighted by atomic mass is 16.3. The fourth-order valence-electron chi connectivity index (χ4n) is 9.51. The minimum atomic E-state index is 0.549. The van der Waals surface area contributed by atoms with Crippen LogP contribution >= 0.6 is 0 Å². The molecule has 13 aromatic rings. The smallest absolute Gasteiger partial charge is 0.238 e. The van der Waals surface area contributed by atoms with E-state index in [-0.39, 0.29) is 0 Å². The summed E-state index contributed by atoms with van der Waals surface area (Å²) in [6, 6.07) is 72.7. The van der Waals surface area contributed by atoms with Gasteiger partial charge < -0.3 is 4.42 Å². The largest absolute Gasteiger partial charge is 0.455 e. The van der Waals surface area contributed by atoms with Crippen LogP contribution in [0.2, 0.25) is 0 Å². The van der Waals surface area contributed by atoms with E-state index >= 15 is 0 Å². The molecule has 0 spiro atoms. The van der Waals surface area contributed by atoms with E-state index in [0.717, 1.165) is 82.2 Å². The molecule has 0 unspecified atom stereocenters. The van der Waals surface area contributed by atoms with E-state index in [2.05, 4.69) is 193 Å². The van der Waals surface area contributed by atoms with Gasteiger partial charge in [0.05, 0.1) is 11.0 Å². The lowest BCUT2D eigenvalue weighted by molar-refractivity contribution is 0.672.